The highest BCUT2D eigenvalue weighted by atomic mass is 79.9. The van der Waals surface area contributed by atoms with Crippen molar-refractivity contribution >= 4 is 38.8 Å². The Morgan fingerprint density at radius 1 is 1.26 bits per heavy atom. The molecule has 0 aliphatic heterocycles. The molecule has 3 aromatic rings. The minimum Gasteiger partial charge on any atom is -0.480 e. The number of carboxylic acids is 1. The minimum atomic E-state index is -0.900. The summed E-state index contributed by atoms with van der Waals surface area (Å²) >= 11 is 3.77. The molecular formula is C24H29BrN4O2. The van der Waals surface area contributed by atoms with Crippen molar-refractivity contribution < 1.29 is 9.90 Å². The second-order valence-corrected chi connectivity index (χ2v) is 9.14. The van der Waals surface area contributed by atoms with E-state index in [1.54, 1.807) is 0 Å². The van der Waals surface area contributed by atoms with Crippen molar-refractivity contribution in [2.75, 3.05) is 5.32 Å². The normalized spacial score (nSPS) is 15.4. The first-order chi connectivity index (χ1) is 15.1. The summed E-state index contributed by atoms with van der Waals surface area (Å²) in [5, 5.41) is 13.9. The summed E-state index contributed by atoms with van der Waals surface area (Å²) in [5.74, 6) is 0.459. The molecule has 6 nitrogen and oxygen atoms in total. The van der Waals surface area contributed by atoms with Crippen LogP contribution in [0.1, 0.15) is 50.3 Å². The average Bonchev–Trinajstić information content (AvgIpc) is 3.39. The van der Waals surface area contributed by atoms with E-state index >= 15 is 0 Å². The molecule has 1 saturated carbocycles. The molecule has 2 N–H and O–H groups in total. The molecule has 0 saturated heterocycles. The first-order valence-electron chi connectivity index (χ1n) is 11.1. The van der Waals surface area contributed by atoms with Crippen LogP contribution in [0, 0.1) is 5.92 Å². The molecule has 1 unspecified atom stereocenters. The predicted molar refractivity (Wildman–Crippen MR) is 126 cm³/mol. The van der Waals surface area contributed by atoms with Gasteiger partial charge in [0.2, 0.25) is 0 Å². The van der Waals surface area contributed by atoms with Crippen LogP contribution in [0.5, 0.6) is 0 Å². The molecule has 164 valence electrons. The Bertz CT molecular complexity index is 1040. The van der Waals surface area contributed by atoms with Crippen LogP contribution in [0.3, 0.4) is 0 Å². The molecule has 2 heterocycles. The van der Waals surface area contributed by atoms with Crippen LogP contribution in [-0.2, 0) is 24.2 Å². The second kappa shape index (κ2) is 9.81. The van der Waals surface area contributed by atoms with Gasteiger partial charge in [-0.3, -0.25) is 0 Å². The first-order valence-corrected chi connectivity index (χ1v) is 11.9. The number of nitrogens with one attached hydrogen (secondary N) is 1. The fourth-order valence-electron chi connectivity index (χ4n) is 4.70. The van der Waals surface area contributed by atoms with Crippen LogP contribution >= 0.6 is 15.9 Å². The first kappa shape index (κ1) is 21.8. The van der Waals surface area contributed by atoms with Gasteiger partial charge in [0, 0.05) is 18.7 Å². The molecule has 1 aromatic carbocycles. The van der Waals surface area contributed by atoms with Gasteiger partial charge in [-0.1, -0.05) is 62.9 Å². The van der Waals surface area contributed by atoms with Gasteiger partial charge in [-0.2, -0.15) is 0 Å². The number of hydrogen-bond donors (Lipinski definition) is 2. The Labute approximate surface area is 191 Å². The number of rotatable bonds is 9. The van der Waals surface area contributed by atoms with E-state index in [2.05, 4.69) is 42.7 Å². The highest BCUT2D eigenvalue weighted by Crippen LogP contribution is 2.36. The number of aryl methyl sites for hydroxylation is 1. The molecule has 31 heavy (non-hydrogen) atoms. The van der Waals surface area contributed by atoms with Gasteiger partial charge in [-0.25, -0.2) is 14.8 Å². The summed E-state index contributed by atoms with van der Waals surface area (Å²) in [7, 11) is 0. The average molecular weight is 485 g/mol. The van der Waals surface area contributed by atoms with Gasteiger partial charge in [-0.05, 0) is 40.3 Å². The van der Waals surface area contributed by atoms with E-state index in [-0.39, 0.29) is 0 Å². The Kier molecular flexibility index (Phi) is 6.90. The number of fused-ring (bicyclic) bond motifs is 1. The topological polar surface area (TPSA) is 80.0 Å². The molecule has 1 atom stereocenters. The number of aliphatic carboxylic acids is 1. The summed E-state index contributed by atoms with van der Waals surface area (Å²) in [4.78, 5) is 21.0. The lowest BCUT2D eigenvalue weighted by atomic mass is 10.0. The number of carbonyl (C=O) groups is 1. The van der Waals surface area contributed by atoms with Crippen molar-refractivity contribution in [1.29, 1.82) is 0 Å². The van der Waals surface area contributed by atoms with E-state index in [0.717, 1.165) is 46.4 Å². The molecule has 2 aromatic heterocycles. The molecule has 0 bridgehead atoms. The van der Waals surface area contributed by atoms with E-state index in [4.69, 9.17) is 0 Å². The van der Waals surface area contributed by atoms with Crippen LogP contribution in [-0.4, -0.2) is 31.7 Å². The van der Waals surface area contributed by atoms with Gasteiger partial charge in [-0.15, -0.1) is 0 Å². The quantitative estimate of drug-likeness (QED) is 0.422. The van der Waals surface area contributed by atoms with Crippen LogP contribution < -0.4 is 5.32 Å². The molecule has 1 aliphatic rings. The van der Waals surface area contributed by atoms with Crippen molar-refractivity contribution in [1.82, 2.24) is 14.5 Å². The molecule has 7 heteroatoms. The molecule has 0 spiro atoms. The maximum Gasteiger partial charge on any atom is 0.326 e. The van der Waals surface area contributed by atoms with E-state index in [0.29, 0.717) is 12.2 Å². The standard InChI is InChI=1S/C24H29BrN4O2/c1-2-19-21(25)20-22(28-18(24(30)31)14-17-10-4-3-5-11-17)26-15-27-23(20)29(19)13-12-16-8-6-7-9-16/h3-5,10-11,15-16,18H,2,6-9,12-14H2,1H3,(H,30,31)(H,26,27,28). The summed E-state index contributed by atoms with van der Waals surface area (Å²) in [5.41, 5.74) is 3.02. The lowest BCUT2D eigenvalue weighted by Crippen LogP contribution is -2.32. The zero-order valence-electron chi connectivity index (χ0n) is 17.9. The molecule has 1 fully saturated rings. The van der Waals surface area contributed by atoms with Gasteiger partial charge in [0.05, 0.1) is 9.86 Å². The lowest BCUT2D eigenvalue weighted by Gasteiger charge is -2.16. The van der Waals surface area contributed by atoms with Crippen LogP contribution in [0.25, 0.3) is 11.0 Å². The highest BCUT2D eigenvalue weighted by Gasteiger charge is 2.24. The van der Waals surface area contributed by atoms with Gasteiger partial charge in [0.25, 0.3) is 0 Å². The van der Waals surface area contributed by atoms with Crippen LogP contribution in [0.15, 0.2) is 41.1 Å². The number of benzene rings is 1. The van der Waals surface area contributed by atoms with E-state index in [1.165, 1.54) is 37.7 Å². The maximum absolute atomic E-state index is 12.0. The number of hydrogen-bond acceptors (Lipinski definition) is 4. The number of carboxylic acid groups (broad SMARTS) is 1. The zero-order valence-corrected chi connectivity index (χ0v) is 19.4. The number of anilines is 1. The minimum absolute atomic E-state index is 0.377. The highest BCUT2D eigenvalue weighted by molar-refractivity contribution is 9.10. The van der Waals surface area contributed by atoms with Gasteiger partial charge in [0.1, 0.15) is 23.8 Å². The third-order valence-electron chi connectivity index (χ3n) is 6.34. The summed E-state index contributed by atoms with van der Waals surface area (Å²) in [6, 6.07) is 8.88. The summed E-state index contributed by atoms with van der Waals surface area (Å²) < 4.78 is 3.25. The molecule has 1 aliphatic carbocycles. The van der Waals surface area contributed by atoms with Crippen molar-refractivity contribution in [3.8, 4) is 0 Å². The SMILES string of the molecule is CCc1c(Br)c2c(NC(Cc3ccccc3)C(=O)O)ncnc2n1CCC1CCCC1. The predicted octanol–water partition coefficient (Wildman–Crippen LogP) is 5.44. The summed E-state index contributed by atoms with van der Waals surface area (Å²) in [6.45, 7) is 3.07. The van der Waals surface area contributed by atoms with Gasteiger partial charge >= 0.3 is 5.97 Å². The smallest absolute Gasteiger partial charge is 0.326 e. The Balaban J connectivity index is 1.65. The van der Waals surface area contributed by atoms with Crippen molar-refractivity contribution in [2.24, 2.45) is 5.92 Å². The van der Waals surface area contributed by atoms with Crippen molar-refractivity contribution in [3.05, 3.63) is 52.4 Å². The Hall–Kier alpha value is -2.41. The monoisotopic (exact) mass is 484 g/mol. The molecule has 0 amide bonds. The second-order valence-electron chi connectivity index (χ2n) is 8.35. The third kappa shape index (κ3) is 4.76. The molecule has 4 rings (SSSR count). The molecular weight excluding hydrogens is 456 g/mol. The van der Waals surface area contributed by atoms with Crippen LogP contribution in [0.2, 0.25) is 0 Å². The fourth-order valence-corrected chi connectivity index (χ4v) is 5.56. The van der Waals surface area contributed by atoms with Crippen LogP contribution in [0.4, 0.5) is 5.82 Å². The summed E-state index contributed by atoms with van der Waals surface area (Å²) in [6.07, 6.45) is 9.26. The largest absolute Gasteiger partial charge is 0.480 e. The van der Waals surface area contributed by atoms with E-state index < -0.39 is 12.0 Å². The lowest BCUT2D eigenvalue weighted by molar-refractivity contribution is -0.137. The maximum atomic E-state index is 12.0. The number of aromatic nitrogens is 3. The number of nitrogens with zero attached hydrogens (tertiary/aromatic N) is 3. The van der Waals surface area contributed by atoms with E-state index in [1.807, 2.05) is 30.3 Å². The third-order valence-corrected chi connectivity index (χ3v) is 7.20. The van der Waals surface area contributed by atoms with Crippen molar-refractivity contribution in [3.63, 3.8) is 0 Å². The Morgan fingerprint density at radius 2 is 2.00 bits per heavy atom. The van der Waals surface area contributed by atoms with Gasteiger partial charge in [0.15, 0.2) is 0 Å². The van der Waals surface area contributed by atoms with Crippen molar-refractivity contribution in [2.45, 2.75) is 64.5 Å². The fraction of sp³-hybridized carbons (Fsp3) is 0.458. The zero-order chi connectivity index (χ0) is 21.8. The van der Waals surface area contributed by atoms with Gasteiger partial charge < -0.3 is 15.0 Å². The molecule has 0 radical (unpaired) electrons. The Morgan fingerprint density at radius 3 is 2.68 bits per heavy atom. The van der Waals surface area contributed by atoms with E-state index in [9.17, 15) is 9.90 Å². The number of halogens is 1.